The largest absolute Gasteiger partial charge is 0.342 e. The van der Waals surface area contributed by atoms with Gasteiger partial charge in [-0.05, 0) is 51.0 Å². The highest BCUT2D eigenvalue weighted by atomic mass is 16.2. The van der Waals surface area contributed by atoms with Crippen LogP contribution in [0, 0.1) is 17.3 Å². The lowest BCUT2D eigenvalue weighted by atomic mass is 9.67. The third-order valence-corrected chi connectivity index (χ3v) is 7.01. The molecule has 2 atom stereocenters. The molecule has 0 aromatic heterocycles. The van der Waals surface area contributed by atoms with Gasteiger partial charge in [0.15, 0.2) is 0 Å². The van der Waals surface area contributed by atoms with Crippen molar-refractivity contribution < 1.29 is 9.59 Å². The molecule has 24 heavy (non-hydrogen) atoms. The normalized spacial score (nSPS) is 34.4. The summed E-state index contributed by atoms with van der Waals surface area (Å²) >= 11 is 0. The number of carbonyl (C=O) groups is 2. The van der Waals surface area contributed by atoms with E-state index in [2.05, 4.69) is 10.2 Å². The number of piperidine rings is 1. The van der Waals surface area contributed by atoms with E-state index in [0.29, 0.717) is 17.7 Å². The lowest BCUT2D eigenvalue weighted by molar-refractivity contribution is -0.149. The summed E-state index contributed by atoms with van der Waals surface area (Å²) in [6.07, 6.45) is 8.73. The summed E-state index contributed by atoms with van der Waals surface area (Å²) in [7, 11) is 0. The van der Waals surface area contributed by atoms with Crippen molar-refractivity contribution >= 4 is 11.8 Å². The summed E-state index contributed by atoms with van der Waals surface area (Å²) in [5.41, 5.74) is -0.135. The van der Waals surface area contributed by atoms with E-state index >= 15 is 0 Å². The predicted molar refractivity (Wildman–Crippen MR) is 92.4 cm³/mol. The van der Waals surface area contributed by atoms with Gasteiger partial charge in [-0.25, -0.2) is 0 Å². The molecule has 4 rings (SSSR count). The molecule has 0 spiro atoms. The summed E-state index contributed by atoms with van der Waals surface area (Å²) < 4.78 is 0. The van der Waals surface area contributed by atoms with Gasteiger partial charge in [-0.15, -0.1) is 0 Å². The van der Waals surface area contributed by atoms with Crippen molar-refractivity contribution in [2.24, 2.45) is 17.3 Å². The molecule has 1 N–H and O–H groups in total. The van der Waals surface area contributed by atoms with Gasteiger partial charge < -0.3 is 15.1 Å². The molecule has 5 nitrogen and oxygen atoms in total. The highest BCUT2D eigenvalue weighted by molar-refractivity contribution is 5.85. The van der Waals surface area contributed by atoms with Crippen LogP contribution in [0.3, 0.4) is 0 Å². The van der Waals surface area contributed by atoms with Crippen molar-refractivity contribution in [3.8, 4) is 0 Å². The van der Waals surface area contributed by atoms with Gasteiger partial charge >= 0.3 is 0 Å². The zero-order chi connectivity index (χ0) is 16.6. The maximum Gasteiger partial charge on any atom is 0.230 e. The molecule has 2 amide bonds. The summed E-state index contributed by atoms with van der Waals surface area (Å²) in [6, 6.07) is 0. The molecule has 0 unspecified atom stereocenters. The molecule has 1 aliphatic carbocycles. The Morgan fingerprint density at radius 3 is 2.38 bits per heavy atom. The molecule has 0 bridgehead atoms. The minimum absolute atomic E-state index is 0.135. The topological polar surface area (TPSA) is 52.7 Å². The summed E-state index contributed by atoms with van der Waals surface area (Å²) in [5.74, 6) is 1.40. The van der Waals surface area contributed by atoms with E-state index in [1.165, 1.54) is 19.3 Å². The number of fused-ring (bicyclic) bond motifs is 1. The van der Waals surface area contributed by atoms with Gasteiger partial charge in [-0.1, -0.05) is 12.8 Å². The molecule has 3 aliphatic heterocycles. The number of nitrogens with one attached hydrogen (secondary N) is 1. The molecule has 0 aromatic rings. The highest BCUT2D eigenvalue weighted by Crippen LogP contribution is 2.45. The van der Waals surface area contributed by atoms with Gasteiger partial charge in [0, 0.05) is 38.6 Å². The summed E-state index contributed by atoms with van der Waals surface area (Å²) in [6.45, 7) is 5.30. The van der Waals surface area contributed by atoms with Gasteiger partial charge in [0.05, 0.1) is 5.41 Å². The van der Waals surface area contributed by atoms with Crippen LogP contribution in [0.25, 0.3) is 0 Å². The third-order valence-electron chi connectivity index (χ3n) is 7.01. The SMILES string of the molecule is O=C(C1CCN(C(=O)[C@@]23CCCC[C@H]2CNC3)CC1)N1CCCC1. The van der Waals surface area contributed by atoms with Crippen molar-refractivity contribution in [3.63, 3.8) is 0 Å². The molecule has 4 fully saturated rings. The lowest BCUT2D eigenvalue weighted by Gasteiger charge is -2.43. The fraction of sp³-hybridized carbons (Fsp3) is 0.895. The van der Waals surface area contributed by atoms with E-state index in [0.717, 1.165) is 71.4 Å². The molecule has 3 saturated heterocycles. The summed E-state index contributed by atoms with van der Waals surface area (Å²) in [5, 5.41) is 3.48. The number of amides is 2. The first-order valence-corrected chi connectivity index (χ1v) is 9.99. The van der Waals surface area contributed by atoms with E-state index in [1.807, 2.05) is 4.90 Å². The standard InChI is InChI=1S/C19H31N3O2/c23-17(21-9-3-4-10-21)15-6-11-22(12-7-15)18(24)19-8-2-1-5-16(19)13-20-14-19/h15-16,20H,1-14H2/t16-,19+/m0/s1. The number of carbonyl (C=O) groups excluding carboxylic acids is 2. The van der Waals surface area contributed by atoms with Crippen LogP contribution in [-0.4, -0.2) is 60.9 Å². The molecule has 4 aliphatic rings. The van der Waals surface area contributed by atoms with Gasteiger partial charge in [-0.2, -0.15) is 0 Å². The molecular formula is C19H31N3O2. The number of hydrogen-bond acceptors (Lipinski definition) is 3. The molecular weight excluding hydrogens is 302 g/mol. The van der Waals surface area contributed by atoms with Crippen LogP contribution in [0.2, 0.25) is 0 Å². The second-order valence-corrected chi connectivity index (χ2v) is 8.33. The van der Waals surface area contributed by atoms with Crippen LogP contribution < -0.4 is 5.32 Å². The fourth-order valence-corrected chi connectivity index (χ4v) is 5.51. The monoisotopic (exact) mass is 333 g/mol. The Hall–Kier alpha value is -1.10. The molecule has 3 heterocycles. The number of hydrogen-bond donors (Lipinski definition) is 1. The summed E-state index contributed by atoms with van der Waals surface area (Å²) in [4.78, 5) is 30.0. The average Bonchev–Trinajstić information content (AvgIpc) is 3.30. The van der Waals surface area contributed by atoms with Crippen LogP contribution >= 0.6 is 0 Å². The van der Waals surface area contributed by atoms with Gasteiger partial charge in [0.1, 0.15) is 0 Å². The van der Waals surface area contributed by atoms with Gasteiger partial charge in [-0.3, -0.25) is 9.59 Å². The van der Waals surface area contributed by atoms with Gasteiger partial charge in [0.2, 0.25) is 11.8 Å². The Labute approximate surface area is 145 Å². The number of nitrogens with zero attached hydrogens (tertiary/aromatic N) is 2. The van der Waals surface area contributed by atoms with E-state index in [9.17, 15) is 9.59 Å². The highest BCUT2D eigenvalue weighted by Gasteiger charge is 2.51. The third kappa shape index (κ3) is 2.75. The van der Waals surface area contributed by atoms with E-state index in [-0.39, 0.29) is 11.3 Å². The fourth-order valence-electron chi connectivity index (χ4n) is 5.51. The van der Waals surface area contributed by atoms with Crippen LogP contribution in [0.1, 0.15) is 51.4 Å². The maximum atomic E-state index is 13.3. The molecule has 134 valence electrons. The van der Waals surface area contributed by atoms with Crippen molar-refractivity contribution in [2.45, 2.75) is 51.4 Å². The molecule has 0 aromatic carbocycles. The Morgan fingerprint density at radius 1 is 0.875 bits per heavy atom. The first-order chi connectivity index (χ1) is 11.7. The Morgan fingerprint density at radius 2 is 1.62 bits per heavy atom. The smallest absolute Gasteiger partial charge is 0.230 e. The quantitative estimate of drug-likeness (QED) is 0.836. The Balaban J connectivity index is 1.37. The Bertz CT molecular complexity index is 495. The molecule has 5 heteroatoms. The minimum Gasteiger partial charge on any atom is -0.342 e. The van der Waals surface area contributed by atoms with Crippen LogP contribution in [0.4, 0.5) is 0 Å². The van der Waals surface area contributed by atoms with E-state index in [4.69, 9.17) is 0 Å². The van der Waals surface area contributed by atoms with Crippen molar-refractivity contribution in [1.29, 1.82) is 0 Å². The zero-order valence-electron chi connectivity index (χ0n) is 14.8. The number of rotatable bonds is 2. The lowest BCUT2D eigenvalue weighted by Crippen LogP contribution is -2.52. The van der Waals surface area contributed by atoms with Crippen molar-refractivity contribution in [3.05, 3.63) is 0 Å². The minimum atomic E-state index is -0.135. The van der Waals surface area contributed by atoms with Crippen LogP contribution in [0.15, 0.2) is 0 Å². The predicted octanol–water partition coefficient (Wildman–Crippen LogP) is 1.63. The maximum absolute atomic E-state index is 13.3. The van der Waals surface area contributed by atoms with Gasteiger partial charge in [0.25, 0.3) is 0 Å². The van der Waals surface area contributed by atoms with Crippen LogP contribution in [-0.2, 0) is 9.59 Å². The average molecular weight is 333 g/mol. The van der Waals surface area contributed by atoms with Crippen molar-refractivity contribution in [1.82, 2.24) is 15.1 Å². The second kappa shape index (κ2) is 6.66. The first-order valence-electron chi connectivity index (χ1n) is 9.99. The van der Waals surface area contributed by atoms with Crippen molar-refractivity contribution in [2.75, 3.05) is 39.3 Å². The molecule has 1 saturated carbocycles. The molecule has 0 radical (unpaired) electrons. The van der Waals surface area contributed by atoms with E-state index in [1.54, 1.807) is 0 Å². The van der Waals surface area contributed by atoms with Crippen LogP contribution in [0.5, 0.6) is 0 Å². The first kappa shape index (κ1) is 16.4. The zero-order valence-corrected chi connectivity index (χ0v) is 14.8. The van der Waals surface area contributed by atoms with E-state index < -0.39 is 0 Å². The number of likely N-dealkylation sites (tertiary alicyclic amines) is 2. The second-order valence-electron chi connectivity index (χ2n) is 8.33. The Kier molecular flexibility index (Phi) is 4.54.